The molecule has 0 amide bonds. The molecule has 0 aliphatic carbocycles. The smallest absolute Gasteiger partial charge is 0.175 e. The number of benzene rings is 2. The third-order valence-corrected chi connectivity index (χ3v) is 4.31. The highest BCUT2D eigenvalue weighted by Gasteiger charge is 2.08. The third-order valence-electron chi connectivity index (χ3n) is 3.18. The van der Waals surface area contributed by atoms with Gasteiger partial charge in [-0.15, -0.1) is 0 Å². The van der Waals surface area contributed by atoms with E-state index >= 15 is 0 Å². The van der Waals surface area contributed by atoms with Crippen LogP contribution in [0.25, 0.3) is 0 Å². The monoisotopic (exact) mass is 300 g/mol. The fourth-order valence-corrected chi connectivity index (χ4v) is 2.68. The Morgan fingerprint density at radius 1 is 1.14 bits per heavy atom. The molecule has 0 saturated heterocycles. The number of rotatable bonds is 4. The maximum absolute atomic E-state index is 11.4. The van der Waals surface area contributed by atoms with Gasteiger partial charge in [0, 0.05) is 25.5 Å². The van der Waals surface area contributed by atoms with E-state index in [0.717, 1.165) is 11.3 Å². The van der Waals surface area contributed by atoms with Gasteiger partial charge in [-0.1, -0.05) is 12.1 Å². The second-order valence-corrected chi connectivity index (χ2v) is 6.95. The van der Waals surface area contributed by atoms with E-state index in [2.05, 4.69) is 6.07 Å². The Bertz CT molecular complexity index is 775. The zero-order valence-corrected chi connectivity index (χ0v) is 12.8. The van der Waals surface area contributed by atoms with Crippen molar-refractivity contribution in [1.82, 2.24) is 0 Å². The maximum atomic E-state index is 11.4. The summed E-state index contributed by atoms with van der Waals surface area (Å²) < 4.78 is 22.9. The molecule has 2 rings (SSSR count). The fraction of sp³-hybridized carbons (Fsp3) is 0.188. The van der Waals surface area contributed by atoms with E-state index in [1.807, 2.05) is 30.1 Å². The van der Waals surface area contributed by atoms with Crippen LogP contribution in [0.1, 0.15) is 11.1 Å². The molecule has 0 radical (unpaired) electrons. The molecule has 108 valence electrons. The van der Waals surface area contributed by atoms with E-state index in [1.165, 1.54) is 6.26 Å². The molecule has 0 heterocycles. The van der Waals surface area contributed by atoms with Gasteiger partial charge in [-0.2, -0.15) is 5.26 Å². The van der Waals surface area contributed by atoms with Crippen LogP contribution in [0, 0.1) is 11.3 Å². The van der Waals surface area contributed by atoms with Crippen LogP contribution in [0.3, 0.4) is 0 Å². The first-order valence-electron chi connectivity index (χ1n) is 6.40. The molecule has 0 N–H and O–H groups in total. The average molecular weight is 300 g/mol. The first kappa shape index (κ1) is 15.1. The van der Waals surface area contributed by atoms with Crippen molar-refractivity contribution >= 4 is 15.5 Å². The average Bonchev–Trinajstić information content (AvgIpc) is 2.46. The maximum Gasteiger partial charge on any atom is 0.175 e. The summed E-state index contributed by atoms with van der Waals surface area (Å²) in [5, 5.41) is 8.90. The van der Waals surface area contributed by atoms with Crippen molar-refractivity contribution < 1.29 is 8.42 Å². The van der Waals surface area contributed by atoms with Crippen molar-refractivity contribution in [3.63, 3.8) is 0 Å². The molecule has 0 aliphatic rings. The fourth-order valence-electron chi connectivity index (χ4n) is 2.05. The third kappa shape index (κ3) is 3.83. The number of hydrogen-bond donors (Lipinski definition) is 0. The lowest BCUT2D eigenvalue weighted by Gasteiger charge is -2.19. The zero-order valence-electron chi connectivity index (χ0n) is 11.9. The molecule has 2 aromatic rings. The van der Waals surface area contributed by atoms with Crippen molar-refractivity contribution in [1.29, 1.82) is 5.26 Å². The number of hydrogen-bond acceptors (Lipinski definition) is 4. The van der Waals surface area contributed by atoms with Crippen LogP contribution in [-0.4, -0.2) is 21.7 Å². The van der Waals surface area contributed by atoms with E-state index in [0.29, 0.717) is 17.0 Å². The summed E-state index contributed by atoms with van der Waals surface area (Å²) in [6, 6.07) is 16.3. The van der Waals surface area contributed by atoms with Gasteiger partial charge in [0.2, 0.25) is 0 Å². The Labute approximate surface area is 125 Å². The van der Waals surface area contributed by atoms with Crippen LogP contribution in [0.2, 0.25) is 0 Å². The van der Waals surface area contributed by atoms with Gasteiger partial charge in [-0.25, -0.2) is 8.42 Å². The Balaban J connectivity index is 2.17. The van der Waals surface area contributed by atoms with Crippen molar-refractivity contribution in [2.75, 3.05) is 18.2 Å². The molecule has 5 heteroatoms. The minimum Gasteiger partial charge on any atom is -0.370 e. The molecule has 0 atom stereocenters. The second kappa shape index (κ2) is 5.98. The van der Waals surface area contributed by atoms with Crippen LogP contribution in [-0.2, 0) is 16.4 Å². The zero-order chi connectivity index (χ0) is 15.5. The van der Waals surface area contributed by atoms with Gasteiger partial charge in [-0.05, 0) is 42.0 Å². The SMILES string of the molecule is CN(Cc1cccc(C#N)c1)c1ccc(S(C)(=O)=O)cc1. The topological polar surface area (TPSA) is 61.2 Å². The van der Waals surface area contributed by atoms with E-state index in [-0.39, 0.29) is 0 Å². The molecule has 0 fully saturated rings. The Morgan fingerprint density at radius 2 is 1.81 bits per heavy atom. The van der Waals surface area contributed by atoms with Gasteiger partial charge in [0.15, 0.2) is 9.84 Å². The molecule has 0 aromatic heterocycles. The summed E-state index contributed by atoms with van der Waals surface area (Å²) in [5.74, 6) is 0. The van der Waals surface area contributed by atoms with E-state index in [1.54, 1.807) is 30.3 Å². The van der Waals surface area contributed by atoms with Crippen LogP contribution < -0.4 is 4.90 Å². The van der Waals surface area contributed by atoms with E-state index in [4.69, 9.17) is 5.26 Å². The lowest BCUT2D eigenvalue weighted by atomic mass is 10.1. The molecular weight excluding hydrogens is 284 g/mol. The van der Waals surface area contributed by atoms with Gasteiger partial charge >= 0.3 is 0 Å². The highest BCUT2D eigenvalue weighted by atomic mass is 32.2. The number of sulfone groups is 1. The van der Waals surface area contributed by atoms with Crippen molar-refractivity contribution in [2.45, 2.75) is 11.4 Å². The van der Waals surface area contributed by atoms with Crippen molar-refractivity contribution in [2.24, 2.45) is 0 Å². The summed E-state index contributed by atoms with van der Waals surface area (Å²) in [6.07, 6.45) is 1.19. The Morgan fingerprint density at radius 3 is 2.38 bits per heavy atom. The lowest BCUT2D eigenvalue weighted by Crippen LogP contribution is -2.16. The summed E-state index contributed by atoms with van der Waals surface area (Å²) in [5.41, 5.74) is 2.59. The van der Waals surface area contributed by atoms with Gasteiger partial charge < -0.3 is 4.90 Å². The molecular formula is C16H16N2O2S. The molecule has 0 bridgehead atoms. The second-order valence-electron chi connectivity index (χ2n) is 4.93. The van der Waals surface area contributed by atoms with Crippen LogP contribution in [0.5, 0.6) is 0 Å². The van der Waals surface area contributed by atoms with Crippen LogP contribution in [0.4, 0.5) is 5.69 Å². The first-order valence-corrected chi connectivity index (χ1v) is 8.29. The quantitative estimate of drug-likeness (QED) is 0.870. The largest absolute Gasteiger partial charge is 0.370 e. The predicted molar refractivity (Wildman–Crippen MR) is 82.8 cm³/mol. The number of nitriles is 1. The lowest BCUT2D eigenvalue weighted by molar-refractivity contribution is 0.602. The summed E-state index contributed by atoms with van der Waals surface area (Å²) in [7, 11) is -1.24. The van der Waals surface area contributed by atoms with E-state index in [9.17, 15) is 8.42 Å². The number of nitrogens with zero attached hydrogens (tertiary/aromatic N) is 2. The molecule has 2 aromatic carbocycles. The van der Waals surface area contributed by atoms with E-state index < -0.39 is 9.84 Å². The Kier molecular flexibility index (Phi) is 4.29. The molecule has 0 saturated carbocycles. The summed E-state index contributed by atoms with van der Waals surface area (Å²) >= 11 is 0. The van der Waals surface area contributed by atoms with Gasteiger partial charge in [0.05, 0.1) is 16.5 Å². The van der Waals surface area contributed by atoms with Crippen LogP contribution in [0.15, 0.2) is 53.4 Å². The van der Waals surface area contributed by atoms with Gasteiger partial charge in [-0.3, -0.25) is 0 Å². The Hall–Kier alpha value is -2.32. The summed E-state index contributed by atoms with van der Waals surface area (Å²) in [6.45, 7) is 0.647. The predicted octanol–water partition coefficient (Wildman–Crippen LogP) is 2.60. The molecule has 0 spiro atoms. The highest BCUT2D eigenvalue weighted by molar-refractivity contribution is 7.90. The van der Waals surface area contributed by atoms with Gasteiger partial charge in [0.25, 0.3) is 0 Å². The summed E-state index contributed by atoms with van der Waals surface area (Å²) in [4.78, 5) is 2.31. The molecule has 4 nitrogen and oxygen atoms in total. The normalized spacial score (nSPS) is 10.9. The molecule has 21 heavy (non-hydrogen) atoms. The molecule has 0 unspecified atom stereocenters. The molecule has 0 aliphatic heterocycles. The minimum atomic E-state index is -3.17. The highest BCUT2D eigenvalue weighted by Crippen LogP contribution is 2.19. The van der Waals surface area contributed by atoms with Gasteiger partial charge in [0.1, 0.15) is 0 Å². The van der Waals surface area contributed by atoms with Crippen molar-refractivity contribution in [3.05, 3.63) is 59.7 Å². The van der Waals surface area contributed by atoms with Crippen molar-refractivity contribution in [3.8, 4) is 6.07 Å². The first-order chi connectivity index (χ1) is 9.90. The standard InChI is InChI=1S/C16H16N2O2S/c1-18(12-14-5-3-4-13(10-14)11-17)15-6-8-16(9-7-15)21(2,19)20/h3-10H,12H2,1-2H3. The minimum absolute atomic E-state index is 0.311. The van der Waals surface area contributed by atoms with Crippen LogP contribution >= 0.6 is 0 Å². The number of anilines is 1.